The molecule has 0 fully saturated rings. The Morgan fingerprint density at radius 1 is 1.11 bits per heavy atom. The van der Waals surface area contributed by atoms with Crippen LogP contribution in [-0.2, 0) is 16.0 Å². The first kappa shape index (κ1) is 18.4. The van der Waals surface area contributed by atoms with Crippen LogP contribution in [0.3, 0.4) is 0 Å². The van der Waals surface area contributed by atoms with E-state index in [4.69, 9.17) is 9.84 Å². The first-order valence-electron chi connectivity index (χ1n) is 8.47. The van der Waals surface area contributed by atoms with Gasteiger partial charge in [0.05, 0.1) is 0 Å². The summed E-state index contributed by atoms with van der Waals surface area (Å²) in [5.41, 5.74) is 0.250. The van der Waals surface area contributed by atoms with Crippen LogP contribution in [0.4, 0.5) is 5.69 Å². The van der Waals surface area contributed by atoms with Gasteiger partial charge in [-0.25, -0.2) is 4.79 Å². The number of carbonyl (C=O) groups excluding carboxylic acids is 2. The van der Waals surface area contributed by atoms with E-state index in [-0.39, 0.29) is 11.5 Å². The van der Waals surface area contributed by atoms with Crippen LogP contribution in [0.5, 0.6) is 5.75 Å². The molecule has 2 amide bonds. The topological polar surface area (TPSA) is 105 Å². The monoisotopic (exact) mass is 368 g/mol. The number of carboxylic acids is 1. The number of hydrogen-bond donors (Lipinski definition) is 3. The van der Waals surface area contributed by atoms with Crippen LogP contribution in [0.15, 0.2) is 48.5 Å². The van der Waals surface area contributed by atoms with Gasteiger partial charge in [-0.05, 0) is 43.7 Å². The van der Waals surface area contributed by atoms with E-state index in [1.54, 1.807) is 18.2 Å². The highest BCUT2D eigenvalue weighted by molar-refractivity contribution is 6.00. The zero-order valence-electron chi connectivity index (χ0n) is 15.0. The van der Waals surface area contributed by atoms with Crippen LogP contribution in [0, 0.1) is 0 Å². The van der Waals surface area contributed by atoms with Gasteiger partial charge >= 0.3 is 5.97 Å². The lowest BCUT2D eigenvalue weighted by Gasteiger charge is -2.21. The SMILES string of the molecule is CC(C)(NC(=O)c1cccc(NC(=O)C2Cc3ccccc3O2)c1)C(=O)O. The first-order valence-corrected chi connectivity index (χ1v) is 8.47. The Labute approximate surface area is 156 Å². The average molecular weight is 368 g/mol. The van der Waals surface area contributed by atoms with E-state index < -0.39 is 23.5 Å². The van der Waals surface area contributed by atoms with E-state index in [1.807, 2.05) is 24.3 Å². The minimum atomic E-state index is -1.40. The summed E-state index contributed by atoms with van der Waals surface area (Å²) in [4.78, 5) is 35.9. The number of benzene rings is 2. The normalized spacial score (nSPS) is 15.4. The molecule has 7 heteroatoms. The lowest BCUT2D eigenvalue weighted by molar-refractivity contribution is -0.143. The van der Waals surface area contributed by atoms with Crippen LogP contribution < -0.4 is 15.4 Å². The quantitative estimate of drug-likeness (QED) is 0.751. The molecular weight excluding hydrogens is 348 g/mol. The van der Waals surface area contributed by atoms with Crippen molar-refractivity contribution in [2.45, 2.75) is 31.9 Å². The summed E-state index contributed by atoms with van der Waals surface area (Å²) in [6, 6.07) is 13.8. The molecule has 1 unspecified atom stereocenters. The van der Waals surface area contributed by atoms with Gasteiger partial charge in [0, 0.05) is 17.7 Å². The molecule has 0 aliphatic carbocycles. The fourth-order valence-corrected chi connectivity index (χ4v) is 2.70. The third-order valence-electron chi connectivity index (χ3n) is 4.29. The largest absolute Gasteiger partial charge is 0.480 e. The maximum absolute atomic E-state index is 12.5. The van der Waals surface area contributed by atoms with Crippen molar-refractivity contribution in [3.05, 3.63) is 59.7 Å². The second-order valence-electron chi connectivity index (χ2n) is 6.87. The van der Waals surface area contributed by atoms with Crippen molar-refractivity contribution in [2.24, 2.45) is 0 Å². The third-order valence-corrected chi connectivity index (χ3v) is 4.29. The molecule has 0 spiro atoms. The summed E-state index contributed by atoms with van der Waals surface area (Å²) >= 11 is 0. The first-order chi connectivity index (χ1) is 12.8. The molecule has 3 N–H and O–H groups in total. The molecule has 1 aliphatic heterocycles. The number of ether oxygens (including phenoxy) is 1. The fraction of sp³-hybridized carbons (Fsp3) is 0.250. The van der Waals surface area contributed by atoms with E-state index in [2.05, 4.69) is 10.6 Å². The van der Waals surface area contributed by atoms with Crippen LogP contribution in [-0.4, -0.2) is 34.5 Å². The Morgan fingerprint density at radius 3 is 2.56 bits per heavy atom. The van der Waals surface area contributed by atoms with Gasteiger partial charge in [0.15, 0.2) is 6.10 Å². The van der Waals surface area contributed by atoms with E-state index in [1.165, 1.54) is 19.9 Å². The second kappa shape index (κ2) is 7.11. The number of fused-ring (bicyclic) bond motifs is 1. The highest BCUT2D eigenvalue weighted by Gasteiger charge is 2.30. The van der Waals surface area contributed by atoms with Gasteiger partial charge in [-0.3, -0.25) is 9.59 Å². The summed E-state index contributed by atoms with van der Waals surface area (Å²) in [6.07, 6.45) is -0.152. The van der Waals surface area contributed by atoms with Crippen LogP contribution in [0.1, 0.15) is 29.8 Å². The Balaban J connectivity index is 1.67. The van der Waals surface area contributed by atoms with Gasteiger partial charge < -0.3 is 20.5 Å². The number of para-hydroxylation sites is 1. The summed E-state index contributed by atoms with van der Waals surface area (Å²) in [5.74, 6) is -1.29. The van der Waals surface area contributed by atoms with E-state index in [9.17, 15) is 14.4 Å². The summed E-state index contributed by atoms with van der Waals surface area (Å²) in [5, 5.41) is 14.3. The highest BCUT2D eigenvalue weighted by Crippen LogP contribution is 2.28. The molecule has 1 aliphatic rings. The summed E-state index contributed by atoms with van der Waals surface area (Å²) in [7, 11) is 0. The lowest BCUT2D eigenvalue weighted by atomic mass is 10.0. The minimum Gasteiger partial charge on any atom is -0.480 e. The molecule has 1 atom stereocenters. The number of aliphatic carboxylic acids is 1. The average Bonchev–Trinajstić information content (AvgIpc) is 3.06. The molecule has 0 saturated heterocycles. The van der Waals surface area contributed by atoms with E-state index >= 15 is 0 Å². The number of hydrogen-bond acceptors (Lipinski definition) is 4. The van der Waals surface area contributed by atoms with Gasteiger partial charge in [0.1, 0.15) is 11.3 Å². The molecule has 3 rings (SSSR count). The smallest absolute Gasteiger partial charge is 0.328 e. The number of amides is 2. The Morgan fingerprint density at radius 2 is 1.85 bits per heavy atom. The van der Waals surface area contributed by atoms with Crippen molar-refractivity contribution < 1.29 is 24.2 Å². The van der Waals surface area contributed by atoms with Crippen molar-refractivity contribution in [1.82, 2.24) is 5.32 Å². The fourth-order valence-electron chi connectivity index (χ4n) is 2.70. The predicted octanol–water partition coefficient (Wildman–Crippen LogP) is 2.22. The third kappa shape index (κ3) is 4.08. The zero-order chi connectivity index (χ0) is 19.6. The van der Waals surface area contributed by atoms with Gasteiger partial charge in [0.25, 0.3) is 11.8 Å². The Kier molecular flexibility index (Phi) is 4.85. The molecule has 1 heterocycles. The lowest BCUT2D eigenvalue weighted by Crippen LogP contribution is -2.49. The molecule has 0 bridgehead atoms. The van der Waals surface area contributed by atoms with E-state index in [0.29, 0.717) is 17.9 Å². The summed E-state index contributed by atoms with van der Waals surface area (Å²) < 4.78 is 5.65. The molecule has 2 aromatic carbocycles. The standard InChI is InChI=1S/C20H20N2O5/c1-20(2,19(25)26)22-17(23)13-7-5-8-14(10-13)21-18(24)16-11-12-6-3-4-9-15(12)27-16/h3-10,16H,11H2,1-2H3,(H,21,24)(H,22,23)(H,25,26). The Hall–Kier alpha value is -3.35. The molecule has 0 radical (unpaired) electrons. The number of nitrogens with one attached hydrogen (secondary N) is 2. The number of carbonyl (C=O) groups is 3. The van der Waals surface area contributed by atoms with Crippen LogP contribution in [0.25, 0.3) is 0 Å². The van der Waals surface area contributed by atoms with Gasteiger partial charge in [-0.15, -0.1) is 0 Å². The van der Waals surface area contributed by atoms with Gasteiger partial charge in [-0.1, -0.05) is 24.3 Å². The molecule has 0 aromatic heterocycles. The van der Waals surface area contributed by atoms with Crippen molar-refractivity contribution in [3.63, 3.8) is 0 Å². The number of rotatable bonds is 5. The highest BCUT2D eigenvalue weighted by atomic mass is 16.5. The minimum absolute atomic E-state index is 0.248. The molecule has 27 heavy (non-hydrogen) atoms. The maximum atomic E-state index is 12.5. The molecule has 0 saturated carbocycles. The van der Waals surface area contributed by atoms with Crippen molar-refractivity contribution in [2.75, 3.05) is 5.32 Å². The zero-order valence-corrected chi connectivity index (χ0v) is 15.0. The second-order valence-corrected chi connectivity index (χ2v) is 6.87. The van der Waals surface area contributed by atoms with Crippen LogP contribution in [0.2, 0.25) is 0 Å². The summed E-state index contributed by atoms with van der Waals surface area (Å²) in [6.45, 7) is 2.79. The van der Waals surface area contributed by atoms with Gasteiger partial charge in [-0.2, -0.15) is 0 Å². The number of carboxylic acid groups (broad SMARTS) is 1. The van der Waals surface area contributed by atoms with Gasteiger partial charge in [0.2, 0.25) is 0 Å². The van der Waals surface area contributed by atoms with Crippen LogP contribution >= 0.6 is 0 Å². The van der Waals surface area contributed by atoms with Crippen molar-refractivity contribution >= 4 is 23.5 Å². The van der Waals surface area contributed by atoms with Crippen molar-refractivity contribution in [3.8, 4) is 5.75 Å². The Bertz CT molecular complexity index is 882. The van der Waals surface area contributed by atoms with E-state index in [0.717, 1.165) is 5.56 Å². The number of anilines is 1. The molecule has 140 valence electrons. The molecule has 2 aromatic rings. The van der Waals surface area contributed by atoms with Crippen molar-refractivity contribution in [1.29, 1.82) is 0 Å². The maximum Gasteiger partial charge on any atom is 0.328 e. The predicted molar refractivity (Wildman–Crippen MR) is 98.8 cm³/mol. The molecular formula is C20H20N2O5. The molecule has 7 nitrogen and oxygen atoms in total.